The number of aryl methyl sites for hydroxylation is 1. The smallest absolute Gasteiger partial charge is 0.256 e. The average Bonchev–Trinajstić information content (AvgIpc) is 3.28. The minimum absolute atomic E-state index is 0.217. The number of nitrogens with one attached hydrogen (secondary N) is 1. The van der Waals surface area contributed by atoms with E-state index >= 15 is 0 Å². The lowest BCUT2D eigenvalue weighted by atomic mass is 10.1. The van der Waals surface area contributed by atoms with Crippen molar-refractivity contribution in [1.29, 1.82) is 0 Å². The van der Waals surface area contributed by atoms with Gasteiger partial charge in [-0.15, -0.1) is 0 Å². The molecule has 0 aromatic heterocycles. The fourth-order valence-electron chi connectivity index (χ4n) is 3.12. The molecule has 4 heteroatoms. The molecule has 0 saturated carbocycles. The fourth-order valence-corrected chi connectivity index (χ4v) is 3.12. The molecular formula is C25H20N2O2. The molecule has 29 heavy (non-hydrogen) atoms. The molecule has 0 atom stereocenters. The molecule has 142 valence electrons. The molecule has 3 aromatic carbocycles. The second-order valence-electron chi connectivity index (χ2n) is 6.70. The van der Waals surface area contributed by atoms with E-state index in [4.69, 9.17) is 4.74 Å². The lowest BCUT2D eigenvalue weighted by Gasteiger charge is -2.11. The summed E-state index contributed by atoms with van der Waals surface area (Å²) in [6, 6.07) is 22.8. The highest BCUT2D eigenvalue weighted by molar-refractivity contribution is 6.10. The molecule has 0 radical (unpaired) electrons. The Labute approximate surface area is 170 Å². The lowest BCUT2D eigenvalue weighted by molar-refractivity contribution is 0.102. The Kier molecular flexibility index (Phi) is 5.40. The first-order valence-electron chi connectivity index (χ1n) is 9.46. The monoisotopic (exact) mass is 380 g/mol. The van der Waals surface area contributed by atoms with Crippen LogP contribution in [-0.4, -0.2) is 25.0 Å². The van der Waals surface area contributed by atoms with Gasteiger partial charge in [0.05, 0.1) is 23.4 Å². The van der Waals surface area contributed by atoms with Crippen molar-refractivity contribution < 1.29 is 9.53 Å². The Morgan fingerprint density at radius 2 is 1.83 bits per heavy atom. The number of rotatable bonds is 3. The molecule has 0 fully saturated rings. The molecule has 3 aromatic rings. The van der Waals surface area contributed by atoms with Crippen LogP contribution in [0, 0.1) is 18.8 Å². The van der Waals surface area contributed by atoms with Crippen LogP contribution >= 0.6 is 0 Å². The van der Waals surface area contributed by atoms with Gasteiger partial charge in [-0.05, 0) is 48.9 Å². The molecule has 1 amide bonds. The number of ether oxygens (including phenoxy) is 1. The maximum absolute atomic E-state index is 13.0. The van der Waals surface area contributed by atoms with Gasteiger partial charge >= 0.3 is 0 Å². The molecule has 1 aliphatic heterocycles. The topological polar surface area (TPSA) is 50.7 Å². The zero-order valence-electron chi connectivity index (χ0n) is 16.1. The van der Waals surface area contributed by atoms with Crippen LogP contribution in [0.15, 0.2) is 77.8 Å². The lowest BCUT2D eigenvalue weighted by Crippen LogP contribution is -2.16. The minimum atomic E-state index is -0.217. The molecule has 1 heterocycles. The van der Waals surface area contributed by atoms with E-state index in [0.29, 0.717) is 35.9 Å². The van der Waals surface area contributed by atoms with Crippen molar-refractivity contribution in [1.82, 2.24) is 0 Å². The predicted octanol–water partition coefficient (Wildman–Crippen LogP) is 4.42. The molecule has 1 aliphatic rings. The molecule has 1 N–H and O–H groups in total. The number of hydrogen-bond acceptors (Lipinski definition) is 3. The van der Waals surface area contributed by atoms with Crippen molar-refractivity contribution in [3.63, 3.8) is 0 Å². The Balaban J connectivity index is 1.61. The first-order chi connectivity index (χ1) is 14.2. The zero-order chi connectivity index (χ0) is 20.1. The van der Waals surface area contributed by atoms with Crippen LogP contribution in [0.25, 0.3) is 0 Å². The molecule has 4 nitrogen and oxygen atoms in total. The summed E-state index contributed by atoms with van der Waals surface area (Å²) < 4.78 is 5.56. The summed E-state index contributed by atoms with van der Waals surface area (Å²) in [5.74, 6) is 6.63. The number of amides is 1. The summed E-state index contributed by atoms with van der Waals surface area (Å²) in [5, 5.41) is 2.98. The molecular weight excluding hydrogens is 360 g/mol. The van der Waals surface area contributed by atoms with Gasteiger partial charge in [0.15, 0.2) is 0 Å². The molecule has 0 unspecified atom stereocenters. The SMILES string of the molecule is Cc1cccc(C#Cc2ccccc2C(=O)Nc2ccccc2C2=NCCO2)c1. The quantitative estimate of drug-likeness (QED) is 0.684. The van der Waals surface area contributed by atoms with Crippen molar-refractivity contribution in [2.45, 2.75) is 6.92 Å². The highest BCUT2D eigenvalue weighted by Crippen LogP contribution is 2.20. The molecule has 0 saturated heterocycles. The Morgan fingerprint density at radius 3 is 2.66 bits per heavy atom. The largest absolute Gasteiger partial charge is 0.475 e. The van der Waals surface area contributed by atoms with E-state index in [1.807, 2.05) is 73.7 Å². The van der Waals surface area contributed by atoms with E-state index in [1.54, 1.807) is 6.07 Å². The summed E-state index contributed by atoms with van der Waals surface area (Å²) in [6.45, 7) is 3.23. The van der Waals surface area contributed by atoms with Gasteiger partial charge in [-0.2, -0.15) is 0 Å². The van der Waals surface area contributed by atoms with Gasteiger partial charge in [0.25, 0.3) is 5.91 Å². The number of hydrogen-bond donors (Lipinski definition) is 1. The third-order valence-electron chi connectivity index (χ3n) is 4.52. The van der Waals surface area contributed by atoms with Gasteiger partial charge in [-0.1, -0.05) is 48.2 Å². The van der Waals surface area contributed by atoms with Crippen molar-refractivity contribution in [3.05, 3.63) is 101 Å². The highest BCUT2D eigenvalue weighted by atomic mass is 16.5. The van der Waals surface area contributed by atoms with Crippen LogP contribution in [-0.2, 0) is 4.74 Å². The van der Waals surface area contributed by atoms with Gasteiger partial charge in [0.1, 0.15) is 6.61 Å². The number of aliphatic imine (C=N–C) groups is 1. The number of para-hydroxylation sites is 1. The molecule has 4 rings (SSSR count). The van der Waals surface area contributed by atoms with Crippen molar-refractivity contribution in [2.75, 3.05) is 18.5 Å². The summed E-state index contributed by atoms with van der Waals surface area (Å²) in [7, 11) is 0. The van der Waals surface area contributed by atoms with E-state index in [9.17, 15) is 4.79 Å². The van der Waals surface area contributed by atoms with Crippen LogP contribution in [0.4, 0.5) is 5.69 Å². The van der Waals surface area contributed by atoms with Gasteiger partial charge in [0, 0.05) is 11.1 Å². The standard InChI is InChI=1S/C25H20N2O2/c1-18-7-6-8-19(17-18)13-14-20-9-2-3-10-21(20)24(28)27-23-12-5-4-11-22(23)25-26-15-16-29-25/h2-12,17H,15-16H2,1H3,(H,27,28). The summed E-state index contributed by atoms with van der Waals surface area (Å²) >= 11 is 0. The summed E-state index contributed by atoms with van der Waals surface area (Å²) in [4.78, 5) is 17.4. The predicted molar refractivity (Wildman–Crippen MR) is 115 cm³/mol. The summed E-state index contributed by atoms with van der Waals surface area (Å²) in [5.41, 5.74) is 4.72. The maximum Gasteiger partial charge on any atom is 0.256 e. The normalized spacial score (nSPS) is 12.4. The van der Waals surface area contributed by atoms with E-state index in [-0.39, 0.29) is 5.91 Å². The zero-order valence-corrected chi connectivity index (χ0v) is 16.1. The third-order valence-corrected chi connectivity index (χ3v) is 4.52. The average molecular weight is 380 g/mol. The van der Waals surface area contributed by atoms with E-state index in [0.717, 1.165) is 16.7 Å². The van der Waals surface area contributed by atoms with Crippen LogP contribution in [0.1, 0.15) is 32.6 Å². The number of anilines is 1. The maximum atomic E-state index is 13.0. The van der Waals surface area contributed by atoms with E-state index in [1.165, 1.54) is 0 Å². The van der Waals surface area contributed by atoms with Crippen molar-refractivity contribution in [2.24, 2.45) is 4.99 Å². The molecule has 0 aliphatic carbocycles. The van der Waals surface area contributed by atoms with Gasteiger partial charge in [-0.25, -0.2) is 4.99 Å². The summed E-state index contributed by atoms with van der Waals surface area (Å²) in [6.07, 6.45) is 0. The number of carbonyl (C=O) groups excluding carboxylic acids is 1. The number of benzene rings is 3. The van der Waals surface area contributed by atoms with Crippen molar-refractivity contribution in [3.8, 4) is 11.8 Å². The minimum Gasteiger partial charge on any atom is -0.475 e. The Hall–Kier alpha value is -3.84. The van der Waals surface area contributed by atoms with Gasteiger partial charge < -0.3 is 10.1 Å². The number of nitrogens with zero attached hydrogens (tertiary/aromatic N) is 1. The van der Waals surface area contributed by atoms with Gasteiger partial charge in [0.2, 0.25) is 5.90 Å². The van der Waals surface area contributed by atoms with Gasteiger partial charge in [-0.3, -0.25) is 4.79 Å². The molecule has 0 spiro atoms. The fraction of sp³-hybridized carbons (Fsp3) is 0.120. The van der Waals surface area contributed by atoms with Crippen LogP contribution < -0.4 is 5.32 Å². The third kappa shape index (κ3) is 4.36. The number of carbonyl (C=O) groups is 1. The van der Waals surface area contributed by atoms with Crippen LogP contribution in [0.5, 0.6) is 0 Å². The van der Waals surface area contributed by atoms with Crippen molar-refractivity contribution >= 4 is 17.5 Å². The van der Waals surface area contributed by atoms with E-state index in [2.05, 4.69) is 22.2 Å². The Bertz CT molecular complexity index is 1150. The van der Waals surface area contributed by atoms with Crippen LogP contribution in [0.3, 0.4) is 0 Å². The Morgan fingerprint density at radius 1 is 1.00 bits per heavy atom. The highest BCUT2D eigenvalue weighted by Gasteiger charge is 2.17. The molecule has 0 bridgehead atoms. The van der Waals surface area contributed by atoms with Crippen LogP contribution in [0.2, 0.25) is 0 Å². The first kappa shape index (κ1) is 18.5. The first-order valence-corrected chi connectivity index (χ1v) is 9.46. The second kappa shape index (κ2) is 8.45. The second-order valence-corrected chi connectivity index (χ2v) is 6.70. The van der Waals surface area contributed by atoms with E-state index < -0.39 is 0 Å².